The van der Waals surface area contributed by atoms with Crippen molar-refractivity contribution in [2.45, 2.75) is 51.5 Å². The summed E-state index contributed by atoms with van der Waals surface area (Å²) in [6.07, 6.45) is 6.52. The summed E-state index contributed by atoms with van der Waals surface area (Å²) in [5.74, 6) is 0.632. The second kappa shape index (κ2) is 6.57. The Morgan fingerprint density at radius 2 is 1.94 bits per heavy atom. The molecule has 0 radical (unpaired) electrons. The monoisotopic (exact) mass is 248 g/mol. The van der Waals surface area contributed by atoms with Gasteiger partial charge in [-0.25, -0.2) is 13.1 Å². The molecule has 0 bridgehead atoms. The van der Waals surface area contributed by atoms with Crippen LogP contribution in [0.15, 0.2) is 0 Å². The Balaban J connectivity index is 2.32. The van der Waals surface area contributed by atoms with Crippen molar-refractivity contribution >= 4 is 10.0 Å². The summed E-state index contributed by atoms with van der Waals surface area (Å²) in [5.41, 5.74) is 5.69. The normalized spacial score (nSPS) is 20.9. The van der Waals surface area contributed by atoms with Gasteiger partial charge in [0.05, 0.1) is 5.75 Å². The van der Waals surface area contributed by atoms with E-state index in [4.69, 9.17) is 5.73 Å². The van der Waals surface area contributed by atoms with E-state index in [0.717, 1.165) is 19.3 Å². The number of sulfonamides is 1. The SMILES string of the molecule is CCC(N)CNS(=O)(=O)CC1CCCCC1. The molecular weight excluding hydrogens is 224 g/mol. The maximum absolute atomic E-state index is 11.8. The van der Waals surface area contributed by atoms with Crippen molar-refractivity contribution in [2.75, 3.05) is 12.3 Å². The molecule has 96 valence electrons. The van der Waals surface area contributed by atoms with Crippen molar-refractivity contribution in [1.82, 2.24) is 4.72 Å². The molecule has 0 aliphatic heterocycles. The second-order valence-corrected chi connectivity index (χ2v) is 6.65. The number of rotatable bonds is 6. The first-order chi connectivity index (χ1) is 7.53. The minimum absolute atomic E-state index is 0.0684. The zero-order valence-electron chi connectivity index (χ0n) is 10.1. The smallest absolute Gasteiger partial charge is 0.211 e. The van der Waals surface area contributed by atoms with Crippen LogP contribution in [0.2, 0.25) is 0 Å². The molecule has 0 heterocycles. The van der Waals surface area contributed by atoms with E-state index in [1.54, 1.807) is 0 Å². The average molecular weight is 248 g/mol. The molecule has 1 unspecified atom stereocenters. The van der Waals surface area contributed by atoms with E-state index < -0.39 is 10.0 Å². The minimum atomic E-state index is -3.12. The van der Waals surface area contributed by atoms with Crippen LogP contribution in [-0.4, -0.2) is 26.8 Å². The molecule has 0 aromatic carbocycles. The third-order valence-electron chi connectivity index (χ3n) is 3.27. The topological polar surface area (TPSA) is 72.2 Å². The molecular formula is C11H24N2O2S. The summed E-state index contributed by atoms with van der Waals surface area (Å²) >= 11 is 0. The van der Waals surface area contributed by atoms with Crippen molar-refractivity contribution in [1.29, 1.82) is 0 Å². The summed E-state index contributed by atoms with van der Waals surface area (Å²) in [6, 6.07) is -0.0684. The molecule has 5 heteroatoms. The lowest BCUT2D eigenvalue weighted by molar-refractivity contribution is 0.383. The van der Waals surface area contributed by atoms with Gasteiger partial charge in [0.25, 0.3) is 0 Å². The fraction of sp³-hybridized carbons (Fsp3) is 1.00. The molecule has 16 heavy (non-hydrogen) atoms. The Morgan fingerprint density at radius 3 is 2.50 bits per heavy atom. The highest BCUT2D eigenvalue weighted by Crippen LogP contribution is 2.24. The van der Waals surface area contributed by atoms with E-state index in [1.165, 1.54) is 19.3 Å². The van der Waals surface area contributed by atoms with Gasteiger partial charge in [0.1, 0.15) is 0 Å². The Bertz CT molecular complexity index is 284. The van der Waals surface area contributed by atoms with Gasteiger partial charge < -0.3 is 5.73 Å². The third-order valence-corrected chi connectivity index (χ3v) is 4.79. The summed E-state index contributed by atoms with van der Waals surface area (Å²) in [4.78, 5) is 0. The van der Waals surface area contributed by atoms with Crippen molar-refractivity contribution in [3.8, 4) is 0 Å². The first-order valence-electron chi connectivity index (χ1n) is 6.26. The molecule has 0 saturated heterocycles. The van der Waals surface area contributed by atoms with Crippen LogP contribution in [0.1, 0.15) is 45.4 Å². The molecule has 1 aliphatic rings. The maximum Gasteiger partial charge on any atom is 0.211 e. The molecule has 1 atom stereocenters. The van der Waals surface area contributed by atoms with Crippen LogP contribution in [0.3, 0.4) is 0 Å². The molecule has 0 amide bonds. The van der Waals surface area contributed by atoms with Crippen molar-refractivity contribution in [3.63, 3.8) is 0 Å². The fourth-order valence-electron chi connectivity index (χ4n) is 2.10. The van der Waals surface area contributed by atoms with Crippen LogP contribution in [0, 0.1) is 5.92 Å². The molecule has 0 spiro atoms. The van der Waals surface area contributed by atoms with Gasteiger partial charge in [0.15, 0.2) is 0 Å². The maximum atomic E-state index is 11.8. The quantitative estimate of drug-likeness (QED) is 0.742. The van der Waals surface area contributed by atoms with Crippen LogP contribution in [0.25, 0.3) is 0 Å². The Kier molecular flexibility index (Phi) is 5.72. The Morgan fingerprint density at radius 1 is 1.31 bits per heavy atom. The zero-order valence-corrected chi connectivity index (χ0v) is 10.9. The molecule has 1 rings (SSSR count). The van der Waals surface area contributed by atoms with E-state index in [9.17, 15) is 8.42 Å². The van der Waals surface area contributed by atoms with E-state index in [-0.39, 0.29) is 11.8 Å². The summed E-state index contributed by atoms with van der Waals surface area (Å²) in [5, 5.41) is 0. The zero-order chi connectivity index (χ0) is 12.0. The van der Waals surface area contributed by atoms with Crippen LogP contribution in [-0.2, 0) is 10.0 Å². The van der Waals surface area contributed by atoms with Gasteiger partial charge >= 0.3 is 0 Å². The number of nitrogens with two attached hydrogens (primary N) is 1. The summed E-state index contributed by atoms with van der Waals surface area (Å²) in [7, 11) is -3.12. The van der Waals surface area contributed by atoms with E-state index in [0.29, 0.717) is 12.5 Å². The highest BCUT2D eigenvalue weighted by Gasteiger charge is 2.21. The summed E-state index contributed by atoms with van der Waals surface area (Å²) in [6.45, 7) is 2.33. The minimum Gasteiger partial charge on any atom is -0.327 e. The Hall–Kier alpha value is -0.130. The van der Waals surface area contributed by atoms with Gasteiger partial charge in [-0.3, -0.25) is 0 Å². The van der Waals surface area contributed by atoms with E-state index >= 15 is 0 Å². The van der Waals surface area contributed by atoms with E-state index in [1.807, 2.05) is 6.92 Å². The van der Waals surface area contributed by atoms with Crippen LogP contribution >= 0.6 is 0 Å². The lowest BCUT2D eigenvalue weighted by Crippen LogP contribution is -2.39. The molecule has 0 aromatic heterocycles. The highest BCUT2D eigenvalue weighted by atomic mass is 32.2. The fourth-order valence-corrected chi connectivity index (χ4v) is 3.64. The number of nitrogens with one attached hydrogen (secondary N) is 1. The van der Waals surface area contributed by atoms with Crippen molar-refractivity contribution < 1.29 is 8.42 Å². The van der Waals surface area contributed by atoms with Gasteiger partial charge in [-0.2, -0.15) is 0 Å². The van der Waals surface area contributed by atoms with Crippen LogP contribution in [0.5, 0.6) is 0 Å². The molecule has 4 nitrogen and oxygen atoms in total. The van der Waals surface area contributed by atoms with Crippen molar-refractivity contribution in [2.24, 2.45) is 11.7 Å². The first-order valence-corrected chi connectivity index (χ1v) is 7.91. The lowest BCUT2D eigenvalue weighted by Gasteiger charge is -2.21. The second-order valence-electron chi connectivity index (χ2n) is 4.80. The standard InChI is InChI=1S/C11H24N2O2S/c1-2-11(12)8-13-16(14,15)9-10-6-4-3-5-7-10/h10-11,13H,2-9,12H2,1H3. The first kappa shape index (κ1) is 13.9. The summed E-state index contributed by atoms with van der Waals surface area (Å²) < 4.78 is 26.1. The van der Waals surface area contributed by atoms with Gasteiger partial charge in [0.2, 0.25) is 10.0 Å². The molecule has 1 aliphatic carbocycles. The van der Waals surface area contributed by atoms with Gasteiger partial charge in [0, 0.05) is 12.6 Å². The highest BCUT2D eigenvalue weighted by molar-refractivity contribution is 7.89. The Labute approximate surface area is 99.0 Å². The van der Waals surface area contributed by atoms with Crippen LogP contribution < -0.4 is 10.5 Å². The largest absolute Gasteiger partial charge is 0.327 e. The average Bonchev–Trinajstić information content (AvgIpc) is 2.27. The number of hydrogen-bond donors (Lipinski definition) is 2. The predicted molar refractivity (Wildman–Crippen MR) is 66.6 cm³/mol. The molecule has 3 N–H and O–H groups in total. The van der Waals surface area contributed by atoms with Gasteiger partial charge in [-0.1, -0.05) is 26.2 Å². The third kappa shape index (κ3) is 5.27. The predicted octanol–water partition coefficient (Wildman–Crippen LogP) is 1.22. The number of hydrogen-bond acceptors (Lipinski definition) is 3. The van der Waals surface area contributed by atoms with Gasteiger partial charge in [-0.15, -0.1) is 0 Å². The molecule has 1 fully saturated rings. The van der Waals surface area contributed by atoms with Crippen molar-refractivity contribution in [3.05, 3.63) is 0 Å². The van der Waals surface area contributed by atoms with Crippen LogP contribution in [0.4, 0.5) is 0 Å². The lowest BCUT2D eigenvalue weighted by atomic mass is 9.91. The van der Waals surface area contributed by atoms with Gasteiger partial charge in [-0.05, 0) is 25.2 Å². The molecule has 0 aromatic rings. The van der Waals surface area contributed by atoms with E-state index in [2.05, 4.69) is 4.72 Å². The molecule has 1 saturated carbocycles.